The number of nitrogens with one attached hydrogen (secondary N) is 1. The topological polar surface area (TPSA) is 66.5 Å². The average molecular weight is 396 g/mol. The van der Waals surface area contributed by atoms with Gasteiger partial charge in [-0.1, -0.05) is 6.07 Å². The second kappa shape index (κ2) is 7.91. The summed E-state index contributed by atoms with van der Waals surface area (Å²) in [6.07, 6.45) is -4.11. The molecule has 1 aromatic rings. The van der Waals surface area contributed by atoms with Gasteiger partial charge in [0.1, 0.15) is 5.82 Å². The molecule has 0 radical (unpaired) electrons. The van der Waals surface area contributed by atoms with Crippen LogP contribution in [0, 0.1) is 11.7 Å². The first kappa shape index (κ1) is 20.6. The molecule has 10 heteroatoms. The second-order valence-electron chi connectivity index (χ2n) is 6.09. The summed E-state index contributed by atoms with van der Waals surface area (Å²) < 4.78 is 76.8. The van der Waals surface area contributed by atoms with Crippen LogP contribution in [-0.2, 0) is 27.5 Å². The zero-order chi connectivity index (χ0) is 19.5. The van der Waals surface area contributed by atoms with Crippen LogP contribution in [0.4, 0.5) is 17.6 Å². The Bertz CT molecular complexity index is 757. The maximum atomic E-state index is 13.1. The molecule has 0 bridgehead atoms. The predicted molar refractivity (Wildman–Crippen MR) is 87.0 cm³/mol. The number of hydrogen-bond donors (Lipinski definition) is 1. The van der Waals surface area contributed by atoms with E-state index in [1.165, 1.54) is 11.2 Å². The van der Waals surface area contributed by atoms with Crippen LogP contribution in [0.3, 0.4) is 0 Å². The minimum atomic E-state index is -4.72. The highest BCUT2D eigenvalue weighted by Crippen LogP contribution is 2.32. The van der Waals surface area contributed by atoms with Crippen LogP contribution < -0.4 is 5.32 Å². The molecule has 146 valence electrons. The Morgan fingerprint density at radius 2 is 1.88 bits per heavy atom. The highest BCUT2D eigenvalue weighted by Gasteiger charge is 2.34. The number of halogens is 4. The van der Waals surface area contributed by atoms with Crippen molar-refractivity contribution >= 4 is 15.9 Å². The van der Waals surface area contributed by atoms with E-state index in [0.29, 0.717) is 18.9 Å². The highest BCUT2D eigenvalue weighted by molar-refractivity contribution is 7.89. The number of nitrogens with zero attached hydrogens (tertiary/aromatic N) is 1. The van der Waals surface area contributed by atoms with Crippen molar-refractivity contribution in [2.24, 2.45) is 5.92 Å². The Morgan fingerprint density at radius 3 is 2.42 bits per heavy atom. The Balaban J connectivity index is 1.97. The summed E-state index contributed by atoms with van der Waals surface area (Å²) in [5.41, 5.74) is -1.35. The summed E-state index contributed by atoms with van der Waals surface area (Å²) in [6.45, 7) is 1.58. The van der Waals surface area contributed by atoms with E-state index in [9.17, 15) is 30.8 Å². The molecule has 0 unspecified atom stereocenters. The fourth-order valence-corrected chi connectivity index (χ4v) is 4.00. The molecule has 5 nitrogen and oxygen atoms in total. The second-order valence-corrected chi connectivity index (χ2v) is 8.35. The molecule has 1 heterocycles. The molecule has 1 aromatic carbocycles. The van der Waals surface area contributed by atoms with Crippen LogP contribution in [0.5, 0.6) is 0 Å². The molecule has 26 heavy (non-hydrogen) atoms. The van der Waals surface area contributed by atoms with Crippen LogP contribution in [0.25, 0.3) is 0 Å². The Labute approximate surface area is 149 Å². The van der Waals surface area contributed by atoms with Crippen molar-refractivity contribution < 1.29 is 30.8 Å². The number of carbonyl (C=O) groups is 1. The van der Waals surface area contributed by atoms with E-state index in [-0.39, 0.29) is 31.0 Å². The van der Waals surface area contributed by atoms with Crippen molar-refractivity contribution in [1.29, 1.82) is 0 Å². The van der Waals surface area contributed by atoms with Gasteiger partial charge in [0.2, 0.25) is 15.9 Å². The van der Waals surface area contributed by atoms with Crippen LogP contribution in [0.2, 0.25) is 0 Å². The highest BCUT2D eigenvalue weighted by atomic mass is 32.2. The van der Waals surface area contributed by atoms with Gasteiger partial charge >= 0.3 is 6.18 Å². The molecule has 0 atom stereocenters. The van der Waals surface area contributed by atoms with Gasteiger partial charge in [0.15, 0.2) is 0 Å². The van der Waals surface area contributed by atoms with E-state index in [0.717, 1.165) is 12.1 Å². The van der Waals surface area contributed by atoms with Gasteiger partial charge in [-0.05, 0) is 37.5 Å². The van der Waals surface area contributed by atoms with Crippen LogP contribution in [-0.4, -0.2) is 37.5 Å². The zero-order valence-electron chi connectivity index (χ0n) is 14.1. The molecule has 1 aliphatic heterocycles. The maximum absolute atomic E-state index is 13.1. The van der Waals surface area contributed by atoms with Crippen LogP contribution >= 0.6 is 0 Å². The van der Waals surface area contributed by atoms with E-state index in [1.807, 2.05) is 0 Å². The lowest BCUT2D eigenvalue weighted by Crippen LogP contribution is -2.43. The molecule has 1 N–H and O–H groups in total. The van der Waals surface area contributed by atoms with Crippen molar-refractivity contribution in [3.63, 3.8) is 0 Å². The third-order valence-electron chi connectivity index (χ3n) is 4.41. The van der Waals surface area contributed by atoms with Gasteiger partial charge < -0.3 is 5.32 Å². The molecule has 0 aromatic heterocycles. The van der Waals surface area contributed by atoms with Crippen LogP contribution in [0.1, 0.15) is 30.9 Å². The zero-order valence-corrected chi connectivity index (χ0v) is 15.0. The van der Waals surface area contributed by atoms with Crippen molar-refractivity contribution in [2.75, 3.05) is 18.8 Å². The molecule has 0 spiro atoms. The van der Waals surface area contributed by atoms with E-state index in [4.69, 9.17) is 0 Å². The lowest BCUT2D eigenvalue weighted by atomic mass is 9.97. The number of rotatable bonds is 5. The van der Waals surface area contributed by atoms with Gasteiger partial charge in [0.25, 0.3) is 0 Å². The first-order valence-corrected chi connectivity index (χ1v) is 9.76. The lowest BCUT2D eigenvalue weighted by molar-refractivity contribution is -0.138. The summed E-state index contributed by atoms with van der Waals surface area (Å²) in [5, 5.41) is 2.44. The van der Waals surface area contributed by atoms with Gasteiger partial charge in [-0.25, -0.2) is 17.1 Å². The summed E-state index contributed by atoms with van der Waals surface area (Å²) in [6, 6.07) is 2.30. The fraction of sp³-hybridized carbons (Fsp3) is 0.562. The largest absolute Gasteiger partial charge is 0.416 e. The molecular weight excluding hydrogens is 376 g/mol. The van der Waals surface area contributed by atoms with Crippen molar-refractivity contribution in [3.8, 4) is 0 Å². The minimum absolute atomic E-state index is 0.0192. The van der Waals surface area contributed by atoms with Gasteiger partial charge in [-0.2, -0.15) is 13.2 Å². The Morgan fingerprint density at radius 1 is 1.27 bits per heavy atom. The number of sulfonamides is 1. The quantitative estimate of drug-likeness (QED) is 0.778. The molecule has 1 fully saturated rings. The number of alkyl halides is 3. The third kappa shape index (κ3) is 4.94. The summed E-state index contributed by atoms with van der Waals surface area (Å²) in [7, 11) is -3.31. The number of benzene rings is 1. The van der Waals surface area contributed by atoms with E-state index < -0.39 is 39.4 Å². The number of piperidine rings is 1. The first-order valence-electron chi connectivity index (χ1n) is 8.15. The van der Waals surface area contributed by atoms with Crippen molar-refractivity contribution in [3.05, 3.63) is 35.1 Å². The van der Waals surface area contributed by atoms with Crippen molar-refractivity contribution in [1.82, 2.24) is 9.62 Å². The van der Waals surface area contributed by atoms with Gasteiger partial charge in [-0.3, -0.25) is 4.79 Å². The maximum Gasteiger partial charge on any atom is 0.416 e. The van der Waals surface area contributed by atoms with E-state index in [1.54, 1.807) is 0 Å². The molecule has 0 saturated carbocycles. The standard InChI is InChI=1S/C16H20F4N2O3S/c1-2-26(24,25)22-7-5-11(6-8-22)15(23)21-10-12-3-4-13(17)9-14(12)16(18,19)20/h3-4,9,11H,2,5-8,10H2,1H3,(H,21,23). The first-order chi connectivity index (χ1) is 12.0. The molecule has 1 aliphatic rings. The molecule has 0 aliphatic carbocycles. The predicted octanol–water partition coefficient (Wildman–Crippen LogP) is 2.52. The molecule has 1 amide bonds. The monoisotopic (exact) mass is 396 g/mol. The van der Waals surface area contributed by atoms with Gasteiger partial charge in [0.05, 0.1) is 11.3 Å². The number of carbonyl (C=O) groups excluding carboxylic acids is 1. The smallest absolute Gasteiger partial charge is 0.352 e. The Hall–Kier alpha value is -1.68. The van der Waals surface area contributed by atoms with E-state index in [2.05, 4.69) is 5.32 Å². The third-order valence-corrected chi connectivity index (χ3v) is 6.29. The van der Waals surface area contributed by atoms with Crippen molar-refractivity contribution in [2.45, 2.75) is 32.5 Å². The summed E-state index contributed by atoms with van der Waals surface area (Å²) in [4.78, 5) is 12.2. The van der Waals surface area contributed by atoms with E-state index >= 15 is 0 Å². The van der Waals surface area contributed by atoms with Gasteiger partial charge in [0, 0.05) is 25.6 Å². The van der Waals surface area contributed by atoms with Crippen LogP contribution in [0.15, 0.2) is 18.2 Å². The average Bonchev–Trinajstić information content (AvgIpc) is 2.59. The SMILES string of the molecule is CCS(=O)(=O)N1CCC(C(=O)NCc2ccc(F)cc2C(F)(F)F)CC1. The molecule has 2 rings (SSSR count). The lowest BCUT2D eigenvalue weighted by Gasteiger charge is -2.30. The normalized spacial score (nSPS) is 17.3. The molecule has 1 saturated heterocycles. The minimum Gasteiger partial charge on any atom is -0.352 e. The van der Waals surface area contributed by atoms with Gasteiger partial charge in [-0.15, -0.1) is 0 Å². The fourth-order valence-electron chi connectivity index (χ4n) is 2.87. The number of hydrogen-bond acceptors (Lipinski definition) is 3. The Kier molecular flexibility index (Phi) is 6.28. The summed E-state index contributed by atoms with van der Waals surface area (Å²) in [5.74, 6) is -1.92. The summed E-state index contributed by atoms with van der Waals surface area (Å²) >= 11 is 0. The molecular formula is C16H20F4N2O3S. The number of amides is 1.